The maximum atomic E-state index is 12.1. The SMILES string of the molecule is CCCCCC(SCCCC(F)(F)F)C(=O)OCCCC. The lowest BCUT2D eigenvalue weighted by Gasteiger charge is -2.16. The molecule has 0 N–H and O–H groups in total. The van der Waals surface area contributed by atoms with Gasteiger partial charge in [-0.3, -0.25) is 4.79 Å². The van der Waals surface area contributed by atoms with E-state index in [1.165, 1.54) is 11.8 Å². The van der Waals surface area contributed by atoms with E-state index in [1.54, 1.807) is 0 Å². The van der Waals surface area contributed by atoms with Crippen molar-refractivity contribution in [2.75, 3.05) is 12.4 Å². The molecule has 0 aromatic carbocycles. The van der Waals surface area contributed by atoms with E-state index in [1.807, 2.05) is 6.92 Å². The molecule has 0 amide bonds. The van der Waals surface area contributed by atoms with E-state index in [4.69, 9.17) is 4.74 Å². The van der Waals surface area contributed by atoms with Gasteiger partial charge in [0.2, 0.25) is 0 Å². The first kappa shape index (κ1) is 20.6. The first-order valence-corrected chi connectivity index (χ1v) is 8.80. The first-order chi connectivity index (χ1) is 9.90. The van der Waals surface area contributed by atoms with Crippen molar-refractivity contribution < 1.29 is 22.7 Å². The predicted octanol–water partition coefficient (Wildman–Crippen LogP) is 5.35. The number of carbonyl (C=O) groups excluding carboxylic acids is 1. The van der Waals surface area contributed by atoms with Crippen LogP contribution in [-0.4, -0.2) is 29.8 Å². The van der Waals surface area contributed by atoms with Crippen molar-refractivity contribution in [2.24, 2.45) is 0 Å². The van der Waals surface area contributed by atoms with Crippen molar-refractivity contribution in [3.05, 3.63) is 0 Å². The molecule has 0 aromatic heterocycles. The zero-order valence-electron chi connectivity index (χ0n) is 13.0. The van der Waals surface area contributed by atoms with Gasteiger partial charge in [0, 0.05) is 6.42 Å². The predicted molar refractivity (Wildman–Crippen MR) is 81.5 cm³/mol. The van der Waals surface area contributed by atoms with Crippen molar-refractivity contribution in [1.29, 1.82) is 0 Å². The van der Waals surface area contributed by atoms with Crippen LogP contribution in [0.15, 0.2) is 0 Å². The number of unbranched alkanes of at least 4 members (excludes halogenated alkanes) is 3. The van der Waals surface area contributed by atoms with Crippen molar-refractivity contribution in [3.63, 3.8) is 0 Å². The van der Waals surface area contributed by atoms with Crippen molar-refractivity contribution in [2.45, 2.75) is 76.6 Å². The van der Waals surface area contributed by atoms with Crippen LogP contribution in [0.5, 0.6) is 0 Å². The molecule has 6 heteroatoms. The third-order valence-electron chi connectivity index (χ3n) is 3.00. The van der Waals surface area contributed by atoms with Gasteiger partial charge in [-0.05, 0) is 25.0 Å². The summed E-state index contributed by atoms with van der Waals surface area (Å²) in [5.74, 6) is 0.0793. The average Bonchev–Trinajstić information content (AvgIpc) is 2.40. The molecule has 2 nitrogen and oxygen atoms in total. The van der Waals surface area contributed by atoms with Crippen LogP contribution in [0.3, 0.4) is 0 Å². The third kappa shape index (κ3) is 13.0. The van der Waals surface area contributed by atoms with Crippen LogP contribution < -0.4 is 0 Å². The molecular formula is C15H27F3O2S. The Morgan fingerprint density at radius 3 is 2.33 bits per heavy atom. The third-order valence-corrected chi connectivity index (χ3v) is 4.35. The fourth-order valence-corrected chi connectivity index (χ4v) is 2.89. The Morgan fingerprint density at radius 1 is 1.10 bits per heavy atom. The van der Waals surface area contributed by atoms with Crippen LogP contribution in [-0.2, 0) is 9.53 Å². The zero-order chi connectivity index (χ0) is 16.1. The number of rotatable bonds is 12. The molecule has 1 unspecified atom stereocenters. The molecule has 0 aromatic rings. The summed E-state index contributed by atoms with van der Waals surface area (Å²) in [6.45, 7) is 4.49. The highest BCUT2D eigenvalue weighted by atomic mass is 32.2. The van der Waals surface area contributed by atoms with Gasteiger partial charge >= 0.3 is 12.1 Å². The van der Waals surface area contributed by atoms with Gasteiger partial charge < -0.3 is 4.74 Å². The lowest BCUT2D eigenvalue weighted by atomic mass is 10.1. The normalized spacial score (nSPS) is 13.2. The molecule has 0 saturated carbocycles. The Bertz CT molecular complexity index is 270. The molecule has 0 heterocycles. The van der Waals surface area contributed by atoms with E-state index >= 15 is 0 Å². The molecule has 0 radical (unpaired) electrons. The minimum atomic E-state index is -4.11. The van der Waals surface area contributed by atoms with Crippen LogP contribution in [0.2, 0.25) is 0 Å². The van der Waals surface area contributed by atoms with Crippen LogP contribution in [0.4, 0.5) is 13.2 Å². The number of carbonyl (C=O) groups is 1. The number of alkyl halides is 3. The lowest BCUT2D eigenvalue weighted by Crippen LogP contribution is -2.21. The topological polar surface area (TPSA) is 26.3 Å². The van der Waals surface area contributed by atoms with Gasteiger partial charge in [0.15, 0.2) is 0 Å². The Kier molecular flexibility index (Phi) is 12.0. The Balaban J connectivity index is 4.09. The molecule has 0 saturated heterocycles. The second kappa shape index (κ2) is 12.2. The van der Waals surface area contributed by atoms with Crippen molar-refractivity contribution in [3.8, 4) is 0 Å². The number of hydrogen-bond acceptors (Lipinski definition) is 3. The van der Waals surface area contributed by atoms with E-state index in [2.05, 4.69) is 6.92 Å². The molecule has 1 atom stereocenters. The van der Waals surface area contributed by atoms with Gasteiger partial charge in [-0.25, -0.2) is 0 Å². The standard InChI is InChI=1S/C15H27F3O2S/c1-3-5-7-9-13(14(19)20-11-6-4-2)21-12-8-10-15(16,17)18/h13H,3-12H2,1-2H3. The summed E-state index contributed by atoms with van der Waals surface area (Å²) in [5, 5.41) is -0.318. The lowest BCUT2D eigenvalue weighted by molar-refractivity contribution is -0.143. The smallest absolute Gasteiger partial charge is 0.389 e. The van der Waals surface area contributed by atoms with E-state index < -0.39 is 12.6 Å². The maximum absolute atomic E-state index is 12.1. The van der Waals surface area contributed by atoms with Gasteiger partial charge in [-0.15, -0.1) is 11.8 Å². The summed E-state index contributed by atoms with van der Waals surface area (Å²) >= 11 is 1.30. The first-order valence-electron chi connectivity index (χ1n) is 7.75. The molecular weight excluding hydrogens is 301 g/mol. The summed E-state index contributed by atoms with van der Waals surface area (Å²) in [4.78, 5) is 11.9. The van der Waals surface area contributed by atoms with Crippen LogP contribution in [0, 0.1) is 0 Å². The van der Waals surface area contributed by atoms with Crippen LogP contribution in [0.1, 0.15) is 65.2 Å². The summed E-state index contributed by atoms with van der Waals surface area (Å²) in [7, 11) is 0. The number of hydrogen-bond donors (Lipinski definition) is 0. The number of esters is 1. The number of halogens is 3. The fourth-order valence-electron chi connectivity index (χ4n) is 1.76. The Labute approximate surface area is 130 Å². The zero-order valence-corrected chi connectivity index (χ0v) is 13.8. The minimum absolute atomic E-state index is 0.0562. The van der Waals surface area contributed by atoms with Gasteiger partial charge in [0.05, 0.1) is 6.61 Å². The molecule has 0 rings (SSSR count). The highest BCUT2D eigenvalue weighted by Crippen LogP contribution is 2.25. The summed E-state index contributed by atoms with van der Waals surface area (Å²) in [6.07, 6.45) is 0.621. The van der Waals surface area contributed by atoms with E-state index in [9.17, 15) is 18.0 Å². The monoisotopic (exact) mass is 328 g/mol. The maximum Gasteiger partial charge on any atom is 0.389 e. The summed E-state index contributed by atoms with van der Waals surface area (Å²) in [5.41, 5.74) is 0. The fraction of sp³-hybridized carbons (Fsp3) is 0.933. The molecule has 0 aliphatic heterocycles. The molecule has 0 spiro atoms. The summed E-state index contributed by atoms with van der Waals surface area (Å²) in [6, 6.07) is 0. The van der Waals surface area contributed by atoms with E-state index in [-0.39, 0.29) is 17.6 Å². The van der Waals surface area contributed by atoms with Crippen LogP contribution in [0.25, 0.3) is 0 Å². The Morgan fingerprint density at radius 2 is 1.76 bits per heavy atom. The quantitative estimate of drug-likeness (QED) is 0.356. The molecule has 21 heavy (non-hydrogen) atoms. The largest absolute Gasteiger partial charge is 0.465 e. The molecule has 126 valence electrons. The molecule has 0 bridgehead atoms. The highest BCUT2D eigenvalue weighted by Gasteiger charge is 2.27. The molecule has 0 aliphatic carbocycles. The highest BCUT2D eigenvalue weighted by molar-refractivity contribution is 8.00. The average molecular weight is 328 g/mol. The Hall–Kier alpha value is -0.390. The molecule has 0 fully saturated rings. The second-order valence-electron chi connectivity index (χ2n) is 5.09. The number of thioether (sulfide) groups is 1. The van der Waals surface area contributed by atoms with Crippen molar-refractivity contribution in [1.82, 2.24) is 0 Å². The summed E-state index contributed by atoms with van der Waals surface area (Å²) < 4.78 is 41.5. The van der Waals surface area contributed by atoms with Gasteiger partial charge in [0.1, 0.15) is 5.25 Å². The van der Waals surface area contributed by atoms with Crippen LogP contribution >= 0.6 is 11.8 Å². The van der Waals surface area contributed by atoms with Crippen molar-refractivity contribution >= 4 is 17.7 Å². The van der Waals surface area contributed by atoms with Gasteiger partial charge in [-0.2, -0.15) is 13.2 Å². The van der Waals surface area contributed by atoms with E-state index in [0.717, 1.165) is 32.1 Å². The molecule has 0 aliphatic rings. The number of ether oxygens (including phenoxy) is 1. The minimum Gasteiger partial charge on any atom is -0.465 e. The van der Waals surface area contributed by atoms with E-state index in [0.29, 0.717) is 18.8 Å². The van der Waals surface area contributed by atoms with Gasteiger partial charge in [-0.1, -0.05) is 39.5 Å². The van der Waals surface area contributed by atoms with Gasteiger partial charge in [0.25, 0.3) is 0 Å². The second-order valence-corrected chi connectivity index (χ2v) is 6.41.